The molecule has 5 aromatic rings. The van der Waals surface area contributed by atoms with Crippen LogP contribution in [0.5, 0.6) is 6.01 Å². The number of halogens is 5. The van der Waals surface area contributed by atoms with Gasteiger partial charge in [0.25, 0.3) is 0 Å². The summed E-state index contributed by atoms with van der Waals surface area (Å²) < 4.78 is 54.7. The molecule has 0 bridgehead atoms. The van der Waals surface area contributed by atoms with Gasteiger partial charge >= 0.3 is 12.0 Å². The number of anilines is 2. The second-order valence-electron chi connectivity index (χ2n) is 15.8. The number of likely N-dealkylation sites (tertiary alicyclic amines) is 1. The third-order valence-corrected chi connectivity index (χ3v) is 13.7. The van der Waals surface area contributed by atoms with Gasteiger partial charge in [-0.25, -0.2) is 22.9 Å². The van der Waals surface area contributed by atoms with Crippen LogP contribution in [0.4, 0.5) is 28.8 Å². The molecular weight excluding hydrogens is 788 g/mol. The monoisotopic (exact) mass is 824 g/mol. The van der Waals surface area contributed by atoms with Crippen molar-refractivity contribution in [3.63, 3.8) is 0 Å². The maximum Gasteiger partial charge on any atom is 0.346 e. The first-order valence-corrected chi connectivity index (χ1v) is 20.2. The van der Waals surface area contributed by atoms with Crippen molar-refractivity contribution < 1.29 is 22.7 Å². The molecule has 2 N–H and O–H groups in total. The van der Waals surface area contributed by atoms with Crippen LogP contribution in [0.3, 0.4) is 0 Å². The normalized spacial score (nSPS) is 25.1. The van der Waals surface area contributed by atoms with Gasteiger partial charge in [-0.15, -0.1) is 16.4 Å². The van der Waals surface area contributed by atoms with Crippen LogP contribution in [0.25, 0.3) is 32.1 Å². The fourth-order valence-electron chi connectivity index (χ4n) is 10.0. The second kappa shape index (κ2) is 13.6. The molecule has 4 atom stereocenters. The Morgan fingerprint density at radius 2 is 1.98 bits per heavy atom. The third kappa shape index (κ3) is 5.75. The number of hydrogen-bond donors (Lipinski definition) is 1. The van der Waals surface area contributed by atoms with Gasteiger partial charge in [-0.05, 0) is 67.4 Å². The average Bonchev–Trinajstić information content (AvgIpc) is 3.92. The number of thiophene rings is 1. The van der Waals surface area contributed by atoms with E-state index in [-0.39, 0.29) is 83.6 Å². The summed E-state index contributed by atoms with van der Waals surface area (Å²) >= 11 is 13.8. The lowest BCUT2D eigenvalue weighted by Gasteiger charge is -2.62. The summed E-state index contributed by atoms with van der Waals surface area (Å²) in [5, 5.41) is 14.6. The molecule has 18 heteroatoms. The number of nitrogens with two attached hydrogens (primary N) is 1. The number of carbonyl (C=O) groups excluding carboxylic acids is 1. The Bertz CT molecular complexity index is 2480. The van der Waals surface area contributed by atoms with Crippen molar-refractivity contribution >= 4 is 72.4 Å². The Kier molecular flexibility index (Phi) is 9.03. The molecule has 0 aliphatic carbocycles. The van der Waals surface area contributed by atoms with Gasteiger partial charge in [-0.3, -0.25) is 4.90 Å². The molecular formula is C38H37Cl2F3N10O2S. The van der Waals surface area contributed by atoms with Gasteiger partial charge in [0.05, 0.1) is 20.8 Å². The lowest BCUT2D eigenvalue weighted by molar-refractivity contribution is -0.0739. The highest BCUT2D eigenvalue weighted by molar-refractivity contribution is 7.23. The highest BCUT2D eigenvalue weighted by Crippen LogP contribution is 2.51. The van der Waals surface area contributed by atoms with Crippen molar-refractivity contribution in [2.75, 3.05) is 50.0 Å². The van der Waals surface area contributed by atoms with Gasteiger partial charge in [0.1, 0.15) is 47.3 Å². The summed E-state index contributed by atoms with van der Waals surface area (Å²) in [6.07, 6.45) is 3.93. The Morgan fingerprint density at radius 1 is 1.18 bits per heavy atom. The van der Waals surface area contributed by atoms with Crippen LogP contribution in [-0.2, 0) is 0 Å². The van der Waals surface area contributed by atoms with E-state index in [0.717, 1.165) is 48.2 Å². The van der Waals surface area contributed by atoms with Gasteiger partial charge in [-0.1, -0.05) is 31.5 Å². The Balaban J connectivity index is 1.15. The van der Waals surface area contributed by atoms with Gasteiger partial charge in [0.2, 0.25) is 5.28 Å². The molecule has 1 spiro atoms. The number of fused-ring (bicyclic) bond motifs is 3. The standard InChI is InChI=1S/C38H37Cl2F3N10O2S/c1-19(2)31-37(16-52(31)36(54)53-18-46-34(40)49-53)7-3-9-50(15-37)33-22-11-24(39)27(21-5-6-25(42)30-26(21)23(13-44)32(45)56-30)28(43)29(22)47-35(48-33)55-17-38-8-4-10-51(38)14-20(41)12-38/h5-6,11,18-20,31H,3-4,7-10,12,14-17,45H2,1-2H3/t20-,31-,37-,38+/m1/s1. The summed E-state index contributed by atoms with van der Waals surface area (Å²) in [6, 6.07) is 5.67. The largest absolute Gasteiger partial charge is 0.461 e. The first-order valence-electron chi connectivity index (χ1n) is 18.6. The van der Waals surface area contributed by atoms with E-state index < -0.39 is 23.3 Å². The SMILES string of the molecule is CC(C)[C@H]1N(C(=O)n2cnc(Cl)n2)C[C@]12CCCN(c1nc(OC[C@@]34CCCN3C[C@H](F)C4)nc3c(F)c(-c4ccc(F)c5sc(N)c(C#N)c45)c(Cl)cc13)C2. The number of amides is 1. The number of piperidine rings is 1. The smallest absolute Gasteiger partial charge is 0.346 e. The molecule has 7 heterocycles. The molecule has 292 valence electrons. The van der Waals surface area contributed by atoms with E-state index in [1.54, 1.807) is 11.0 Å². The predicted octanol–water partition coefficient (Wildman–Crippen LogP) is 7.69. The van der Waals surface area contributed by atoms with Crippen LogP contribution in [0.1, 0.15) is 51.5 Å². The fourth-order valence-corrected chi connectivity index (χ4v) is 11.4. The van der Waals surface area contributed by atoms with Gasteiger partial charge < -0.3 is 20.3 Å². The highest BCUT2D eigenvalue weighted by atomic mass is 35.5. The summed E-state index contributed by atoms with van der Waals surface area (Å²) in [7, 11) is 0. The molecule has 9 rings (SSSR count). The van der Waals surface area contributed by atoms with Crippen molar-refractivity contribution in [2.24, 2.45) is 11.3 Å². The number of nitriles is 1. The molecule has 4 aliphatic heterocycles. The zero-order chi connectivity index (χ0) is 39.3. The topological polar surface area (TPSA) is 142 Å². The van der Waals surface area contributed by atoms with Crippen LogP contribution in [0.2, 0.25) is 10.3 Å². The fraction of sp³-hybridized carbons (Fsp3) is 0.474. The van der Waals surface area contributed by atoms with Crippen LogP contribution < -0.4 is 15.4 Å². The quantitative estimate of drug-likeness (QED) is 0.181. The number of alkyl halides is 1. The molecule has 0 radical (unpaired) electrons. The number of rotatable bonds is 6. The van der Waals surface area contributed by atoms with E-state index in [1.165, 1.54) is 18.5 Å². The van der Waals surface area contributed by atoms with Crippen LogP contribution >= 0.6 is 34.5 Å². The van der Waals surface area contributed by atoms with Crippen LogP contribution in [0.15, 0.2) is 24.5 Å². The number of aromatic nitrogens is 5. The van der Waals surface area contributed by atoms with Crippen LogP contribution in [-0.4, -0.2) is 97.6 Å². The Morgan fingerprint density at radius 3 is 2.73 bits per heavy atom. The highest BCUT2D eigenvalue weighted by Gasteiger charge is 2.57. The van der Waals surface area contributed by atoms with E-state index in [9.17, 15) is 14.4 Å². The number of benzene rings is 2. The molecule has 12 nitrogen and oxygen atoms in total. The molecule has 3 aromatic heterocycles. The maximum absolute atomic E-state index is 17.3. The summed E-state index contributed by atoms with van der Waals surface area (Å²) in [5.74, 6) is -0.906. The van der Waals surface area contributed by atoms with Gasteiger partial charge in [-0.2, -0.15) is 19.9 Å². The second-order valence-corrected chi connectivity index (χ2v) is 17.6. The lowest BCUT2D eigenvalue weighted by atomic mass is 9.63. The molecule has 1 amide bonds. The van der Waals surface area contributed by atoms with Crippen LogP contribution in [0, 0.1) is 34.3 Å². The van der Waals surface area contributed by atoms with Crippen molar-refractivity contribution in [3.8, 4) is 23.2 Å². The number of nitrogen functional groups attached to an aromatic ring is 1. The van der Waals surface area contributed by atoms with E-state index in [2.05, 4.69) is 38.7 Å². The first-order chi connectivity index (χ1) is 26.8. The predicted molar refractivity (Wildman–Crippen MR) is 208 cm³/mol. The van der Waals surface area contributed by atoms with E-state index >= 15 is 8.78 Å². The minimum atomic E-state index is -0.972. The number of ether oxygens (including phenoxy) is 1. The summed E-state index contributed by atoms with van der Waals surface area (Å²) in [4.78, 5) is 33.0. The van der Waals surface area contributed by atoms with E-state index in [1.807, 2.05) is 6.07 Å². The zero-order valence-corrected chi connectivity index (χ0v) is 32.9. The van der Waals surface area contributed by atoms with Gasteiger partial charge in [0, 0.05) is 60.4 Å². The third-order valence-electron chi connectivity index (χ3n) is 12.2. The minimum absolute atomic E-state index is 0.00852. The van der Waals surface area contributed by atoms with E-state index in [0.29, 0.717) is 43.8 Å². The summed E-state index contributed by atoms with van der Waals surface area (Å²) in [5.41, 5.74) is 5.36. The van der Waals surface area contributed by atoms with E-state index in [4.69, 9.17) is 38.7 Å². The molecule has 2 aromatic carbocycles. The summed E-state index contributed by atoms with van der Waals surface area (Å²) in [6.45, 7) is 6.89. The van der Waals surface area contributed by atoms with Crippen molar-refractivity contribution in [2.45, 2.75) is 63.7 Å². The van der Waals surface area contributed by atoms with Crippen molar-refractivity contribution in [1.82, 2.24) is 34.5 Å². The molecule has 0 unspecified atom stereocenters. The number of carbonyl (C=O) groups is 1. The molecule has 4 saturated heterocycles. The molecule has 4 fully saturated rings. The average molecular weight is 826 g/mol. The Labute approximate surface area is 333 Å². The van der Waals surface area contributed by atoms with Gasteiger partial charge in [0.15, 0.2) is 5.82 Å². The minimum Gasteiger partial charge on any atom is -0.461 e. The van der Waals surface area contributed by atoms with Crippen molar-refractivity contribution in [1.29, 1.82) is 5.26 Å². The lowest BCUT2D eigenvalue weighted by Crippen LogP contribution is -2.73. The molecule has 56 heavy (non-hydrogen) atoms. The Hall–Kier alpha value is -4.43. The maximum atomic E-state index is 17.3. The molecule has 4 aliphatic rings. The zero-order valence-electron chi connectivity index (χ0n) is 30.5. The first kappa shape index (κ1) is 37.2. The number of hydrogen-bond acceptors (Lipinski definition) is 11. The van der Waals surface area contributed by atoms with Crippen molar-refractivity contribution in [3.05, 3.63) is 52.0 Å². The number of nitrogens with zero attached hydrogens (tertiary/aromatic N) is 9. The molecule has 0 saturated carbocycles.